The molecular formula is C30H29FN6O3S. The van der Waals surface area contributed by atoms with Gasteiger partial charge in [-0.3, -0.25) is 14.5 Å². The van der Waals surface area contributed by atoms with Gasteiger partial charge in [-0.25, -0.2) is 18.4 Å². The van der Waals surface area contributed by atoms with Gasteiger partial charge in [-0.1, -0.05) is 12.1 Å². The number of carbonyl (C=O) groups excluding carboxylic acids is 1. The summed E-state index contributed by atoms with van der Waals surface area (Å²) in [5.74, 6) is -0.649. The normalized spacial score (nSPS) is 13.1. The summed E-state index contributed by atoms with van der Waals surface area (Å²) in [7, 11) is -3.39. The van der Waals surface area contributed by atoms with Crippen LogP contribution in [0.25, 0.3) is 10.9 Å². The predicted octanol–water partition coefficient (Wildman–Crippen LogP) is 6.47. The Bertz CT molecular complexity index is 1840. The van der Waals surface area contributed by atoms with Gasteiger partial charge >= 0.3 is 0 Å². The van der Waals surface area contributed by atoms with Crippen molar-refractivity contribution in [2.75, 3.05) is 5.32 Å². The molecule has 1 amide bonds. The Kier molecular flexibility index (Phi) is 7.31. The first-order valence-corrected chi connectivity index (χ1v) is 14.4. The number of aromatic nitrogens is 4. The minimum absolute atomic E-state index is 0.00477. The summed E-state index contributed by atoms with van der Waals surface area (Å²) in [5, 5.41) is 7.68. The number of halogens is 1. The lowest BCUT2D eigenvalue weighted by Crippen LogP contribution is -2.22. The Morgan fingerprint density at radius 2 is 1.90 bits per heavy atom. The second-order valence-corrected chi connectivity index (χ2v) is 12.6. The minimum Gasteiger partial charge on any atom is -0.453 e. The molecule has 5 rings (SSSR count). The van der Waals surface area contributed by atoms with Crippen molar-refractivity contribution < 1.29 is 18.1 Å². The van der Waals surface area contributed by atoms with E-state index in [9.17, 15) is 9.00 Å². The molecule has 0 fully saturated rings. The van der Waals surface area contributed by atoms with Crippen molar-refractivity contribution in [3.05, 3.63) is 96.3 Å². The number of aryl methyl sites for hydroxylation is 1. The highest BCUT2D eigenvalue weighted by atomic mass is 32.2. The van der Waals surface area contributed by atoms with Gasteiger partial charge in [-0.15, -0.1) is 0 Å². The molecule has 0 bridgehead atoms. The zero-order chi connectivity index (χ0) is 29.4. The topological polar surface area (TPSA) is 123 Å². The van der Waals surface area contributed by atoms with Crippen LogP contribution in [0.15, 0.2) is 89.3 Å². The molecular weight excluding hydrogens is 543 g/mol. The maximum atomic E-state index is 15.3. The van der Waals surface area contributed by atoms with Crippen molar-refractivity contribution >= 4 is 32.2 Å². The number of hydrogen-bond donors (Lipinski definition) is 2. The van der Waals surface area contributed by atoms with Crippen LogP contribution in [0, 0.1) is 17.5 Å². The number of nitrogens with zero attached hydrogens (tertiary/aromatic N) is 4. The Hall–Kier alpha value is -4.64. The molecule has 0 saturated carbocycles. The Balaban J connectivity index is 1.38. The maximum absolute atomic E-state index is 15.3. The fourth-order valence-electron chi connectivity index (χ4n) is 4.29. The SMILES string of the molecule is Cc1cc(CC(=O)Nc2cnn(C(C)(C)C)c2)cc(F)c1Oc1ccnc2ccc(S(=N)(=O)c3ccccn3)cc12. The van der Waals surface area contributed by atoms with Gasteiger partial charge in [0.15, 0.2) is 11.6 Å². The zero-order valence-electron chi connectivity index (χ0n) is 23.0. The third-order valence-corrected chi connectivity index (χ3v) is 8.10. The molecule has 3 aromatic heterocycles. The number of amides is 1. The first-order chi connectivity index (χ1) is 19.4. The van der Waals surface area contributed by atoms with E-state index in [4.69, 9.17) is 9.52 Å². The van der Waals surface area contributed by atoms with Crippen LogP contribution in [0.2, 0.25) is 0 Å². The Morgan fingerprint density at radius 3 is 2.59 bits per heavy atom. The summed E-state index contributed by atoms with van der Waals surface area (Å²) in [6, 6.07) is 14.2. The molecule has 0 saturated heterocycles. The van der Waals surface area contributed by atoms with E-state index in [1.165, 1.54) is 18.5 Å². The summed E-state index contributed by atoms with van der Waals surface area (Å²) in [6.07, 6.45) is 6.31. The van der Waals surface area contributed by atoms with Gasteiger partial charge < -0.3 is 10.1 Å². The largest absolute Gasteiger partial charge is 0.453 e. The van der Waals surface area contributed by atoms with Crippen LogP contribution in [0.5, 0.6) is 11.5 Å². The predicted molar refractivity (Wildman–Crippen MR) is 154 cm³/mol. The van der Waals surface area contributed by atoms with Crippen molar-refractivity contribution in [1.29, 1.82) is 4.78 Å². The van der Waals surface area contributed by atoms with Gasteiger partial charge in [-0.05, 0) is 81.3 Å². The van der Waals surface area contributed by atoms with Crippen LogP contribution in [0.4, 0.5) is 10.1 Å². The third kappa shape index (κ3) is 5.94. The van der Waals surface area contributed by atoms with E-state index in [0.717, 1.165) is 0 Å². The smallest absolute Gasteiger partial charge is 0.228 e. The number of fused-ring (bicyclic) bond motifs is 1. The molecule has 0 aliphatic rings. The van der Waals surface area contributed by atoms with Crippen LogP contribution in [-0.4, -0.2) is 29.9 Å². The fourth-order valence-corrected chi connectivity index (χ4v) is 5.56. The molecule has 0 aliphatic heterocycles. The van der Waals surface area contributed by atoms with E-state index in [0.29, 0.717) is 27.7 Å². The number of rotatable bonds is 7. The molecule has 3 heterocycles. The molecule has 11 heteroatoms. The van der Waals surface area contributed by atoms with Gasteiger partial charge in [0.25, 0.3) is 0 Å². The molecule has 210 valence electrons. The lowest BCUT2D eigenvalue weighted by Gasteiger charge is -2.18. The summed E-state index contributed by atoms with van der Waals surface area (Å²) in [4.78, 5) is 21.3. The second-order valence-electron chi connectivity index (χ2n) is 10.6. The van der Waals surface area contributed by atoms with Crippen LogP contribution >= 0.6 is 0 Å². The van der Waals surface area contributed by atoms with Gasteiger partial charge in [0.05, 0.1) is 34.3 Å². The first kappa shape index (κ1) is 27.9. The van der Waals surface area contributed by atoms with Gasteiger partial charge in [-0.2, -0.15) is 5.10 Å². The summed E-state index contributed by atoms with van der Waals surface area (Å²) >= 11 is 0. The zero-order valence-corrected chi connectivity index (χ0v) is 23.8. The van der Waals surface area contributed by atoms with E-state index in [2.05, 4.69) is 20.4 Å². The van der Waals surface area contributed by atoms with Crippen molar-refractivity contribution in [3.8, 4) is 11.5 Å². The van der Waals surface area contributed by atoms with Crippen LogP contribution in [0.3, 0.4) is 0 Å². The molecule has 5 aromatic rings. The monoisotopic (exact) mass is 572 g/mol. The fraction of sp³-hybridized carbons (Fsp3) is 0.200. The Labute approximate surface area is 237 Å². The lowest BCUT2D eigenvalue weighted by atomic mass is 10.1. The number of ether oxygens (including phenoxy) is 1. The third-order valence-electron chi connectivity index (χ3n) is 6.36. The molecule has 41 heavy (non-hydrogen) atoms. The highest BCUT2D eigenvalue weighted by molar-refractivity contribution is 7.92. The standard InChI is InChI=1S/C30H29FN6O3S/c1-19-13-20(15-27(38)36-21-17-35-37(18-21)30(2,3)4)14-24(31)29(19)40-26-10-12-33-25-9-8-22(16-23(25)26)41(32,39)28-7-5-6-11-34-28/h5-14,16-18,32H,15H2,1-4H3,(H,36,38). The summed E-state index contributed by atoms with van der Waals surface area (Å²) in [6.45, 7) is 7.71. The maximum Gasteiger partial charge on any atom is 0.228 e. The van der Waals surface area contributed by atoms with Crippen molar-refractivity contribution in [2.24, 2.45) is 0 Å². The Morgan fingerprint density at radius 1 is 1.10 bits per heavy atom. The lowest BCUT2D eigenvalue weighted by molar-refractivity contribution is -0.115. The molecule has 0 radical (unpaired) electrons. The minimum atomic E-state index is -3.39. The van der Waals surface area contributed by atoms with E-state index in [1.807, 2.05) is 20.8 Å². The van der Waals surface area contributed by atoms with E-state index < -0.39 is 15.5 Å². The quantitative estimate of drug-likeness (QED) is 0.231. The number of nitrogens with one attached hydrogen (secondary N) is 2. The number of benzene rings is 2. The molecule has 0 spiro atoms. The van der Waals surface area contributed by atoms with E-state index in [1.54, 1.807) is 72.5 Å². The van der Waals surface area contributed by atoms with Crippen LogP contribution in [-0.2, 0) is 26.5 Å². The average molecular weight is 573 g/mol. The molecule has 9 nitrogen and oxygen atoms in total. The number of hydrogen-bond acceptors (Lipinski definition) is 7. The first-order valence-electron chi connectivity index (χ1n) is 12.8. The van der Waals surface area contributed by atoms with Gasteiger partial charge in [0.2, 0.25) is 5.91 Å². The van der Waals surface area contributed by atoms with Crippen molar-refractivity contribution in [2.45, 2.75) is 49.6 Å². The molecule has 2 N–H and O–H groups in total. The van der Waals surface area contributed by atoms with Crippen molar-refractivity contribution in [1.82, 2.24) is 19.7 Å². The van der Waals surface area contributed by atoms with Crippen molar-refractivity contribution in [3.63, 3.8) is 0 Å². The summed E-state index contributed by atoms with van der Waals surface area (Å²) < 4.78 is 45.0. The highest BCUT2D eigenvalue weighted by Crippen LogP contribution is 2.35. The molecule has 2 aromatic carbocycles. The van der Waals surface area contributed by atoms with Gasteiger partial charge in [0, 0.05) is 24.0 Å². The van der Waals surface area contributed by atoms with Crippen LogP contribution < -0.4 is 10.1 Å². The van der Waals surface area contributed by atoms with E-state index in [-0.39, 0.29) is 39.3 Å². The van der Waals surface area contributed by atoms with E-state index >= 15 is 4.39 Å². The average Bonchev–Trinajstić information content (AvgIpc) is 3.40. The highest BCUT2D eigenvalue weighted by Gasteiger charge is 2.19. The van der Waals surface area contributed by atoms with Crippen LogP contribution in [0.1, 0.15) is 31.9 Å². The second kappa shape index (κ2) is 10.7. The number of carbonyl (C=O) groups is 1. The molecule has 1 atom stereocenters. The number of anilines is 1. The molecule has 1 unspecified atom stereocenters. The number of pyridine rings is 2. The van der Waals surface area contributed by atoms with Gasteiger partial charge in [0.1, 0.15) is 20.5 Å². The molecule has 0 aliphatic carbocycles. The summed E-state index contributed by atoms with van der Waals surface area (Å²) in [5.41, 5.74) is 1.85.